The van der Waals surface area contributed by atoms with Crippen molar-refractivity contribution < 1.29 is 5.11 Å². The van der Waals surface area contributed by atoms with Gasteiger partial charge in [-0.1, -0.05) is 30.3 Å². The molecule has 0 fully saturated rings. The first-order valence-corrected chi connectivity index (χ1v) is 7.82. The Bertz CT molecular complexity index is 926. The van der Waals surface area contributed by atoms with Gasteiger partial charge in [0.2, 0.25) is 5.88 Å². The number of fused-ring (bicyclic) bond motifs is 1. The number of aliphatic imine (C=N–C) groups is 1. The summed E-state index contributed by atoms with van der Waals surface area (Å²) in [5, 5.41) is 10.1. The number of aromatic hydroxyl groups is 1. The first-order valence-electron chi connectivity index (χ1n) is 7.82. The SMILES string of the molecule is Oc1nc(CCc2ccccc2)[nH]c1/C=C1/C=Nc2ncccc21. The monoisotopic (exact) mass is 316 g/mol. The molecule has 0 unspecified atom stereocenters. The van der Waals surface area contributed by atoms with Gasteiger partial charge in [0, 0.05) is 30.0 Å². The van der Waals surface area contributed by atoms with Crippen molar-refractivity contribution in [3.63, 3.8) is 0 Å². The summed E-state index contributed by atoms with van der Waals surface area (Å²) in [5.74, 6) is 1.48. The van der Waals surface area contributed by atoms with E-state index in [1.54, 1.807) is 12.4 Å². The summed E-state index contributed by atoms with van der Waals surface area (Å²) >= 11 is 0. The van der Waals surface area contributed by atoms with Crippen molar-refractivity contribution in [2.75, 3.05) is 0 Å². The van der Waals surface area contributed by atoms with Crippen LogP contribution in [0.3, 0.4) is 0 Å². The number of imidazole rings is 1. The molecule has 0 amide bonds. The summed E-state index contributed by atoms with van der Waals surface area (Å²) in [5.41, 5.74) is 3.71. The van der Waals surface area contributed by atoms with Gasteiger partial charge >= 0.3 is 0 Å². The summed E-state index contributed by atoms with van der Waals surface area (Å²) in [4.78, 5) is 15.9. The maximum atomic E-state index is 10.1. The Kier molecular flexibility index (Phi) is 3.67. The van der Waals surface area contributed by atoms with Crippen molar-refractivity contribution in [2.24, 2.45) is 4.99 Å². The van der Waals surface area contributed by atoms with Crippen LogP contribution in [0.25, 0.3) is 11.6 Å². The van der Waals surface area contributed by atoms with E-state index in [9.17, 15) is 5.11 Å². The second kappa shape index (κ2) is 6.12. The Balaban J connectivity index is 1.54. The predicted molar refractivity (Wildman–Crippen MR) is 94.4 cm³/mol. The smallest absolute Gasteiger partial charge is 0.237 e. The number of nitrogens with zero attached hydrogens (tertiary/aromatic N) is 3. The van der Waals surface area contributed by atoms with Gasteiger partial charge in [-0.3, -0.25) is 0 Å². The highest BCUT2D eigenvalue weighted by Crippen LogP contribution is 2.31. The van der Waals surface area contributed by atoms with E-state index in [2.05, 4.69) is 32.1 Å². The highest BCUT2D eigenvalue weighted by Gasteiger charge is 2.14. The molecule has 2 aromatic heterocycles. The zero-order valence-corrected chi connectivity index (χ0v) is 13.0. The summed E-state index contributed by atoms with van der Waals surface area (Å²) in [6.07, 6.45) is 6.94. The first kappa shape index (κ1) is 14.4. The molecule has 3 aromatic rings. The summed E-state index contributed by atoms with van der Waals surface area (Å²) in [6, 6.07) is 14.1. The van der Waals surface area contributed by atoms with Gasteiger partial charge in [-0.25, -0.2) is 9.98 Å². The Morgan fingerprint density at radius 3 is 2.79 bits per heavy atom. The molecule has 1 aromatic carbocycles. The minimum atomic E-state index is 0.0105. The van der Waals surface area contributed by atoms with Gasteiger partial charge < -0.3 is 10.1 Å². The lowest BCUT2D eigenvalue weighted by molar-refractivity contribution is 0.454. The zero-order chi connectivity index (χ0) is 16.4. The molecule has 0 saturated heterocycles. The van der Waals surface area contributed by atoms with E-state index in [0.29, 0.717) is 11.5 Å². The van der Waals surface area contributed by atoms with E-state index in [-0.39, 0.29) is 5.88 Å². The van der Waals surface area contributed by atoms with Crippen LogP contribution in [0.15, 0.2) is 53.7 Å². The fourth-order valence-electron chi connectivity index (χ4n) is 2.75. The Morgan fingerprint density at radius 2 is 1.92 bits per heavy atom. The van der Waals surface area contributed by atoms with Crippen LogP contribution in [0.2, 0.25) is 0 Å². The quantitative estimate of drug-likeness (QED) is 0.773. The van der Waals surface area contributed by atoms with E-state index in [1.807, 2.05) is 36.4 Å². The maximum Gasteiger partial charge on any atom is 0.237 e. The van der Waals surface area contributed by atoms with Crippen LogP contribution >= 0.6 is 0 Å². The third kappa shape index (κ3) is 2.84. The zero-order valence-electron chi connectivity index (χ0n) is 13.0. The Hall–Kier alpha value is -3.21. The lowest BCUT2D eigenvalue weighted by Crippen LogP contribution is -1.93. The number of nitrogens with one attached hydrogen (secondary N) is 1. The summed E-state index contributed by atoms with van der Waals surface area (Å²) in [7, 11) is 0. The second-order valence-corrected chi connectivity index (χ2v) is 5.64. The number of aryl methyl sites for hydroxylation is 2. The minimum absolute atomic E-state index is 0.0105. The molecule has 5 heteroatoms. The summed E-state index contributed by atoms with van der Waals surface area (Å²) < 4.78 is 0. The average molecular weight is 316 g/mol. The molecule has 0 radical (unpaired) electrons. The molecule has 0 spiro atoms. The van der Waals surface area contributed by atoms with Crippen LogP contribution in [0.5, 0.6) is 5.88 Å². The second-order valence-electron chi connectivity index (χ2n) is 5.64. The number of aromatic nitrogens is 3. The highest BCUT2D eigenvalue weighted by molar-refractivity contribution is 6.20. The van der Waals surface area contributed by atoms with Crippen molar-refractivity contribution >= 4 is 23.7 Å². The van der Waals surface area contributed by atoms with Crippen molar-refractivity contribution in [2.45, 2.75) is 12.8 Å². The highest BCUT2D eigenvalue weighted by atomic mass is 16.3. The molecular weight excluding hydrogens is 300 g/mol. The number of hydrogen-bond acceptors (Lipinski definition) is 4. The predicted octanol–water partition coefficient (Wildman–Crippen LogP) is 3.55. The molecule has 4 rings (SSSR count). The lowest BCUT2D eigenvalue weighted by atomic mass is 10.1. The van der Waals surface area contributed by atoms with Gasteiger partial charge in [0.25, 0.3) is 0 Å². The van der Waals surface area contributed by atoms with Gasteiger partial charge in [0.15, 0.2) is 5.82 Å². The van der Waals surface area contributed by atoms with E-state index < -0.39 is 0 Å². The molecule has 118 valence electrons. The molecular formula is C19H16N4O. The number of hydrogen-bond donors (Lipinski definition) is 2. The molecule has 0 aliphatic carbocycles. The van der Waals surface area contributed by atoms with Gasteiger partial charge in [0.1, 0.15) is 11.5 Å². The molecule has 0 atom stereocenters. The van der Waals surface area contributed by atoms with Crippen LogP contribution in [-0.4, -0.2) is 26.3 Å². The van der Waals surface area contributed by atoms with Crippen LogP contribution in [0.1, 0.15) is 22.6 Å². The Labute approximate surface area is 139 Å². The van der Waals surface area contributed by atoms with Crippen molar-refractivity contribution in [3.05, 3.63) is 71.3 Å². The fraction of sp³-hybridized carbons (Fsp3) is 0.105. The van der Waals surface area contributed by atoms with E-state index in [1.165, 1.54) is 5.56 Å². The number of aromatic amines is 1. The fourth-order valence-corrected chi connectivity index (χ4v) is 2.75. The number of rotatable bonds is 4. The van der Waals surface area contributed by atoms with Gasteiger partial charge in [-0.05, 0) is 30.2 Å². The van der Waals surface area contributed by atoms with E-state index >= 15 is 0 Å². The number of allylic oxidation sites excluding steroid dienone is 1. The molecule has 5 nitrogen and oxygen atoms in total. The standard InChI is InChI=1S/C19H16N4O/c24-19-16(11-14-12-21-18-15(14)7-4-10-20-18)22-17(23-19)9-8-13-5-2-1-3-6-13/h1-7,10-12,24H,8-9H2,(H,22,23)/b14-11-. The van der Waals surface area contributed by atoms with Crippen LogP contribution in [0, 0.1) is 0 Å². The summed E-state index contributed by atoms with van der Waals surface area (Å²) in [6.45, 7) is 0. The molecule has 0 saturated carbocycles. The third-order valence-corrected chi connectivity index (χ3v) is 3.98. The van der Waals surface area contributed by atoms with Crippen molar-refractivity contribution in [1.29, 1.82) is 0 Å². The molecule has 2 N–H and O–H groups in total. The lowest BCUT2D eigenvalue weighted by Gasteiger charge is -1.98. The molecule has 3 heterocycles. The molecule has 0 bridgehead atoms. The minimum Gasteiger partial charge on any atom is -0.492 e. The third-order valence-electron chi connectivity index (χ3n) is 3.98. The molecule has 1 aliphatic rings. The van der Waals surface area contributed by atoms with Crippen LogP contribution in [-0.2, 0) is 12.8 Å². The van der Waals surface area contributed by atoms with E-state index in [0.717, 1.165) is 29.8 Å². The van der Waals surface area contributed by atoms with Crippen LogP contribution < -0.4 is 0 Å². The first-order chi connectivity index (χ1) is 11.8. The molecule has 1 aliphatic heterocycles. The van der Waals surface area contributed by atoms with Crippen molar-refractivity contribution in [1.82, 2.24) is 15.0 Å². The number of benzene rings is 1. The largest absolute Gasteiger partial charge is 0.492 e. The Morgan fingerprint density at radius 1 is 1.04 bits per heavy atom. The number of pyridine rings is 1. The van der Waals surface area contributed by atoms with E-state index in [4.69, 9.17) is 0 Å². The van der Waals surface area contributed by atoms with Gasteiger partial charge in [-0.15, -0.1) is 0 Å². The molecule has 24 heavy (non-hydrogen) atoms. The topological polar surface area (TPSA) is 74.2 Å². The number of H-pyrrole nitrogens is 1. The van der Waals surface area contributed by atoms with Gasteiger partial charge in [-0.2, -0.15) is 4.98 Å². The van der Waals surface area contributed by atoms with Gasteiger partial charge in [0.05, 0.1) is 0 Å². The normalized spacial score (nSPS) is 14.2. The average Bonchev–Trinajstić information content (AvgIpc) is 3.18. The van der Waals surface area contributed by atoms with Crippen LogP contribution in [0.4, 0.5) is 5.82 Å². The maximum absolute atomic E-state index is 10.1. The van der Waals surface area contributed by atoms with Crippen molar-refractivity contribution in [3.8, 4) is 5.88 Å².